The van der Waals surface area contributed by atoms with Gasteiger partial charge in [-0.3, -0.25) is 0 Å². The summed E-state index contributed by atoms with van der Waals surface area (Å²) in [6, 6.07) is 33.5. The number of benzene rings is 3. The maximum Gasteiger partial charge on any atom is 0.225 e. The van der Waals surface area contributed by atoms with Gasteiger partial charge in [-0.05, 0) is 22.8 Å². The van der Waals surface area contributed by atoms with Gasteiger partial charge in [-0.15, -0.1) is 6.42 Å². The smallest absolute Gasteiger partial charge is 0.225 e. The van der Waals surface area contributed by atoms with Crippen LogP contribution in [0.15, 0.2) is 103 Å². The van der Waals surface area contributed by atoms with E-state index in [1.807, 2.05) is 91.0 Å². The Morgan fingerprint density at radius 3 is 2.07 bits per heavy atom. The summed E-state index contributed by atoms with van der Waals surface area (Å²) >= 11 is 0. The predicted octanol–water partition coefficient (Wildman–Crippen LogP) is 4.80. The Morgan fingerprint density at radius 1 is 0.886 bits per heavy atom. The minimum atomic E-state index is -1.68. The lowest BCUT2D eigenvalue weighted by atomic mass is 9.91. The number of hydrogen-bond acceptors (Lipinski definition) is 8. The van der Waals surface area contributed by atoms with Crippen LogP contribution in [0.5, 0.6) is 0 Å². The molecule has 3 aromatic carbocycles. The highest BCUT2D eigenvalue weighted by molar-refractivity contribution is 5.75. The van der Waals surface area contributed by atoms with Gasteiger partial charge in [0.1, 0.15) is 36.2 Å². The predicted molar refractivity (Wildman–Crippen MR) is 164 cm³/mol. The van der Waals surface area contributed by atoms with Crippen LogP contribution in [-0.2, 0) is 44.4 Å². The fourth-order valence-corrected chi connectivity index (χ4v) is 5.52. The number of ether oxygens (including phenoxy) is 4. The molecule has 6 rings (SSSR count). The Bertz CT molecular complexity index is 1780. The second-order valence-corrected chi connectivity index (χ2v) is 10.5. The van der Waals surface area contributed by atoms with Crippen LogP contribution in [0.2, 0.25) is 0 Å². The molecule has 0 spiro atoms. The van der Waals surface area contributed by atoms with Gasteiger partial charge in [0.15, 0.2) is 5.82 Å². The molecule has 0 aliphatic carbocycles. The molecule has 0 unspecified atom stereocenters. The van der Waals surface area contributed by atoms with Gasteiger partial charge in [0.2, 0.25) is 5.60 Å². The molecule has 0 bridgehead atoms. The van der Waals surface area contributed by atoms with Crippen LogP contribution in [0, 0.1) is 23.7 Å². The zero-order valence-electron chi connectivity index (χ0n) is 24.0. The zero-order chi connectivity index (χ0) is 30.4. The molecule has 2 aromatic heterocycles. The summed E-state index contributed by atoms with van der Waals surface area (Å²) in [4.78, 5) is 4.11. The molecule has 5 aromatic rings. The van der Waals surface area contributed by atoms with Crippen molar-refractivity contribution in [3.8, 4) is 18.4 Å². The number of hydrogen-bond donors (Lipinski definition) is 1. The lowest BCUT2D eigenvalue weighted by molar-refractivity contribution is -0.0971. The van der Waals surface area contributed by atoms with Crippen molar-refractivity contribution in [2.45, 2.75) is 43.7 Å². The maximum atomic E-state index is 11.0. The number of nitrogens with zero attached hydrogens (tertiary/aromatic N) is 4. The van der Waals surface area contributed by atoms with Crippen molar-refractivity contribution in [2.75, 3.05) is 12.3 Å². The van der Waals surface area contributed by atoms with Crippen molar-refractivity contribution >= 4 is 11.3 Å². The van der Waals surface area contributed by atoms with Gasteiger partial charge < -0.3 is 24.7 Å². The number of nitrogens with two attached hydrogens (primary N) is 1. The summed E-state index contributed by atoms with van der Waals surface area (Å²) in [5, 5.41) is 15.4. The largest absolute Gasteiger partial charge is 0.382 e. The van der Waals surface area contributed by atoms with Crippen LogP contribution in [0.3, 0.4) is 0 Å². The van der Waals surface area contributed by atoms with E-state index in [2.05, 4.69) is 22.1 Å². The molecular weight excluding hydrogens is 554 g/mol. The first-order valence-corrected chi connectivity index (χ1v) is 14.2. The molecule has 1 aliphatic heterocycles. The molecule has 4 atom stereocenters. The van der Waals surface area contributed by atoms with Crippen LogP contribution < -0.4 is 5.73 Å². The summed E-state index contributed by atoms with van der Waals surface area (Å²) < 4.78 is 27.5. The monoisotopic (exact) mass is 585 g/mol. The molecule has 0 radical (unpaired) electrons. The number of aromatic nitrogens is 3. The fourth-order valence-electron chi connectivity index (χ4n) is 5.52. The summed E-state index contributed by atoms with van der Waals surface area (Å²) in [7, 11) is 0. The minimum absolute atomic E-state index is 0.144. The van der Waals surface area contributed by atoms with Crippen molar-refractivity contribution < 1.29 is 18.9 Å². The van der Waals surface area contributed by atoms with Gasteiger partial charge in [0, 0.05) is 0 Å². The Balaban J connectivity index is 1.41. The van der Waals surface area contributed by atoms with Crippen LogP contribution in [0.1, 0.15) is 27.9 Å². The van der Waals surface area contributed by atoms with Crippen molar-refractivity contribution in [1.29, 1.82) is 5.26 Å². The third-order valence-electron chi connectivity index (χ3n) is 7.64. The topological polar surface area (TPSA) is 117 Å². The molecule has 0 amide bonds. The average molecular weight is 586 g/mol. The molecule has 9 heteroatoms. The average Bonchev–Trinajstić information content (AvgIpc) is 3.61. The van der Waals surface area contributed by atoms with E-state index in [9.17, 15) is 5.26 Å². The van der Waals surface area contributed by atoms with Gasteiger partial charge in [-0.25, -0.2) is 9.50 Å². The molecule has 1 aliphatic rings. The highest BCUT2D eigenvalue weighted by Gasteiger charge is 2.60. The molecule has 0 saturated carbocycles. The van der Waals surface area contributed by atoms with Gasteiger partial charge in [0.25, 0.3) is 0 Å². The van der Waals surface area contributed by atoms with Gasteiger partial charge in [-0.1, -0.05) is 96.9 Å². The number of nitriles is 1. The van der Waals surface area contributed by atoms with Crippen LogP contribution >= 0.6 is 0 Å². The summed E-state index contributed by atoms with van der Waals surface area (Å²) in [5.41, 5.74) is 8.66. The number of anilines is 1. The zero-order valence-corrected chi connectivity index (χ0v) is 24.0. The van der Waals surface area contributed by atoms with E-state index in [-0.39, 0.29) is 25.6 Å². The molecule has 9 nitrogen and oxygen atoms in total. The third kappa shape index (κ3) is 5.78. The molecule has 2 N–H and O–H groups in total. The first-order chi connectivity index (χ1) is 21.6. The third-order valence-corrected chi connectivity index (χ3v) is 7.64. The Kier molecular flexibility index (Phi) is 8.64. The molecule has 3 heterocycles. The van der Waals surface area contributed by atoms with E-state index in [0.29, 0.717) is 23.4 Å². The fraction of sp³-hybridized carbons (Fsp3) is 0.229. The molecule has 1 fully saturated rings. The van der Waals surface area contributed by atoms with Crippen molar-refractivity contribution in [1.82, 2.24) is 14.6 Å². The number of rotatable bonds is 11. The maximum absolute atomic E-state index is 11.0. The van der Waals surface area contributed by atoms with Crippen molar-refractivity contribution in [3.63, 3.8) is 0 Å². The lowest BCUT2D eigenvalue weighted by Crippen LogP contribution is -2.44. The van der Waals surface area contributed by atoms with Crippen LogP contribution in [0.25, 0.3) is 5.52 Å². The summed E-state index contributed by atoms with van der Waals surface area (Å²) in [5.74, 6) is 2.83. The second-order valence-electron chi connectivity index (χ2n) is 10.5. The van der Waals surface area contributed by atoms with E-state index < -0.39 is 23.9 Å². The molecule has 44 heavy (non-hydrogen) atoms. The highest BCUT2D eigenvalue weighted by Crippen LogP contribution is 2.44. The standard InChI is InChI=1S/C35H31N5O4/c1-2-28-18-30(40-31(28)34(37)38-24-39-40)35(23-36)33(43-21-27-16-10-5-11-17-27)32(42-20-26-14-8-4-9-15-26)29(44-35)22-41-19-25-12-6-3-7-13-25/h1,3-18,24,29,32-33H,19-22H2,(H2,37,38,39)/t29-,32-,33-,35+/m1/s1. The van der Waals surface area contributed by atoms with E-state index in [1.165, 1.54) is 10.8 Å². The lowest BCUT2D eigenvalue weighted by Gasteiger charge is -2.29. The number of nitrogen functional groups attached to an aromatic ring is 1. The highest BCUT2D eigenvalue weighted by atomic mass is 16.6. The number of fused-ring (bicyclic) bond motifs is 1. The van der Waals surface area contributed by atoms with E-state index in [1.54, 1.807) is 6.07 Å². The first-order valence-electron chi connectivity index (χ1n) is 14.2. The Hall–Kier alpha value is -5.03. The number of terminal acetylenes is 1. The van der Waals surface area contributed by atoms with E-state index in [0.717, 1.165) is 16.7 Å². The second kappa shape index (κ2) is 13.1. The van der Waals surface area contributed by atoms with E-state index >= 15 is 0 Å². The minimum Gasteiger partial charge on any atom is -0.382 e. The van der Waals surface area contributed by atoms with Crippen molar-refractivity contribution in [3.05, 3.63) is 131 Å². The quantitative estimate of drug-likeness (QED) is 0.220. The molecular formula is C35H31N5O4. The van der Waals surface area contributed by atoms with Gasteiger partial charge >= 0.3 is 0 Å². The van der Waals surface area contributed by atoms with Gasteiger partial charge in [0.05, 0.1) is 37.7 Å². The normalized spacial score (nSPS) is 21.2. The SMILES string of the molecule is C#Cc1cc([C@]2(C#N)O[C@H](COCc3ccccc3)[C@@H](OCc3ccccc3)[C@H]2OCc2ccccc2)n2ncnc(N)c12. The Labute approximate surface area is 255 Å². The molecule has 1 saturated heterocycles. The van der Waals surface area contributed by atoms with Crippen LogP contribution in [-0.4, -0.2) is 39.5 Å². The van der Waals surface area contributed by atoms with Crippen LogP contribution in [0.4, 0.5) is 5.82 Å². The summed E-state index contributed by atoms with van der Waals surface area (Å²) in [6.07, 6.45) is 4.90. The van der Waals surface area contributed by atoms with Gasteiger partial charge in [-0.2, -0.15) is 10.4 Å². The first kappa shape index (κ1) is 29.1. The van der Waals surface area contributed by atoms with Crippen molar-refractivity contribution in [2.24, 2.45) is 0 Å². The Morgan fingerprint density at radius 2 is 1.48 bits per heavy atom. The molecule has 220 valence electrons. The summed E-state index contributed by atoms with van der Waals surface area (Å²) in [6.45, 7) is 0.992. The van der Waals surface area contributed by atoms with E-state index in [4.69, 9.17) is 31.1 Å².